The summed E-state index contributed by atoms with van der Waals surface area (Å²) in [5.74, 6) is 0.717. The van der Waals surface area contributed by atoms with E-state index in [1.807, 2.05) is 25.1 Å². The minimum Gasteiger partial charge on any atom is -0.497 e. The Morgan fingerprint density at radius 3 is 2.47 bits per heavy atom. The molecule has 0 saturated heterocycles. The summed E-state index contributed by atoms with van der Waals surface area (Å²) in [6.07, 6.45) is 0. The molecule has 0 spiro atoms. The molecule has 0 N–H and O–H groups in total. The van der Waals surface area contributed by atoms with E-state index in [-0.39, 0.29) is 12.2 Å². The molecule has 4 aromatic rings. The molecule has 4 rings (SSSR count). The number of fused-ring (bicyclic) bond motifs is 1. The summed E-state index contributed by atoms with van der Waals surface area (Å²) in [7, 11) is 1.59. The second kappa shape index (κ2) is 8.20. The van der Waals surface area contributed by atoms with Crippen molar-refractivity contribution in [1.82, 2.24) is 0 Å². The second-order valence-corrected chi connectivity index (χ2v) is 7.17. The van der Waals surface area contributed by atoms with Crippen LogP contribution in [-0.4, -0.2) is 7.11 Å². The summed E-state index contributed by atoms with van der Waals surface area (Å²) in [5, 5.41) is 1.08. The van der Waals surface area contributed by atoms with Gasteiger partial charge in [-0.25, -0.2) is 9.18 Å². The predicted octanol–water partition coefficient (Wildman–Crippen LogP) is 6.15. The smallest absolute Gasteiger partial charge is 0.344 e. The third kappa shape index (κ3) is 3.76. The molecular weight excluding hydrogens is 407 g/mol. The molecule has 0 aliphatic carbocycles. The van der Waals surface area contributed by atoms with Gasteiger partial charge in [-0.1, -0.05) is 29.8 Å². The van der Waals surface area contributed by atoms with Crippen LogP contribution in [-0.2, 0) is 6.61 Å². The molecule has 0 saturated carbocycles. The number of hydrogen-bond acceptors (Lipinski definition) is 4. The first-order valence-corrected chi connectivity index (χ1v) is 9.63. The number of halogens is 2. The van der Waals surface area contributed by atoms with E-state index in [1.165, 1.54) is 12.1 Å². The number of methoxy groups -OCH3 is 1. The number of rotatable bonds is 5. The van der Waals surface area contributed by atoms with Crippen molar-refractivity contribution < 1.29 is 18.3 Å². The van der Waals surface area contributed by atoms with Crippen molar-refractivity contribution in [2.45, 2.75) is 13.5 Å². The lowest BCUT2D eigenvalue weighted by Gasteiger charge is -2.11. The van der Waals surface area contributed by atoms with Crippen LogP contribution in [0.1, 0.15) is 11.1 Å². The Labute approximate surface area is 177 Å². The van der Waals surface area contributed by atoms with Crippen LogP contribution in [0.2, 0.25) is 5.02 Å². The Bertz CT molecular complexity index is 1260. The van der Waals surface area contributed by atoms with E-state index in [4.69, 9.17) is 25.5 Å². The lowest BCUT2D eigenvalue weighted by Crippen LogP contribution is -2.06. The van der Waals surface area contributed by atoms with Gasteiger partial charge in [0, 0.05) is 17.0 Å². The maximum absolute atomic E-state index is 13.9. The largest absolute Gasteiger partial charge is 0.497 e. The van der Waals surface area contributed by atoms with Crippen LogP contribution in [0.4, 0.5) is 4.39 Å². The fourth-order valence-corrected chi connectivity index (χ4v) is 3.56. The van der Waals surface area contributed by atoms with Crippen molar-refractivity contribution in [2.75, 3.05) is 7.11 Å². The quantitative estimate of drug-likeness (QED) is 0.360. The van der Waals surface area contributed by atoms with Crippen molar-refractivity contribution in [3.8, 4) is 22.6 Å². The number of ether oxygens (including phenoxy) is 2. The zero-order valence-electron chi connectivity index (χ0n) is 16.4. The number of benzene rings is 3. The zero-order chi connectivity index (χ0) is 21.3. The average Bonchev–Trinajstić information content (AvgIpc) is 2.73. The SMILES string of the molecule is COc1ccc(-c2c(C)c3ccc(OCc4c(F)cccc4Cl)cc3oc2=O)cc1. The Morgan fingerprint density at radius 2 is 1.77 bits per heavy atom. The van der Waals surface area contributed by atoms with Gasteiger partial charge in [0.2, 0.25) is 0 Å². The Balaban J connectivity index is 1.68. The van der Waals surface area contributed by atoms with Gasteiger partial charge < -0.3 is 13.9 Å². The van der Waals surface area contributed by atoms with Crippen LogP contribution < -0.4 is 15.1 Å². The van der Waals surface area contributed by atoms with Gasteiger partial charge in [0.25, 0.3) is 0 Å². The molecule has 0 amide bonds. The summed E-state index contributed by atoms with van der Waals surface area (Å²) >= 11 is 6.04. The third-order valence-corrected chi connectivity index (χ3v) is 5.32. The van der Waals surface area contributed by atoms with Crippen LogP contribution in [0.5, 0.6) is 11.5 Å². The Morgan fingerprint density at radius 1 is 1.03 bits per heavy atom. The molecule has 4 nitrogen and oxygen atoms in total. The highest BCUT2D eigenvalue weighted by Gasteiger charge is 2.15. The van der Waals surface area contributed by atoms with E-state index in [0.29, 0.717) is 27.7 Å². The summed E-state index contributed by atoms with van der Waals surface area (Å²) < 4.78 is 30.3. The van der Waals surface area contributed by atoms with Gasteiger partial charge in [-0.15, -0.1) is 0 Å². The van der Waals surface area contributed by atoms with Crippen LogP contribution in [0.3, 0.4) is 0 Å². The monoisotopic (exact) mass is 424 g/mol. The second-order valence-electron chi connectivity index (χ2n) is 6.76. The summed E-state index contributed by atoms with van der Waals surface area (Å²) in [4.78, 5) is 12.7. The van der Waals surface area contributed by atoms with Crippen LogP contribution in [0.15, 0.2) is 69.9 Å². The first-order chi connectivity index (χ1) is 14.5. The molecule has 6 heteroatoms. The molecule has 0 radical (unpaired) electrons. The van der Waals surface area contributed by atoms with E-state index in [9.17, 15) is 9.18 Å². The molecule has 0 fully saturated rings. The lowest BCUT2D eigenvalue weighted by molar-refractivity contribution is 0.300. The Kier molecular flexibility index (Phi) is 5.46. The van der Waals surface area contributed by atoms with E-state index < -0.39 is 11.4 Å². The van der Waals surface area contributed by atoms with Crippen molar-refractivity contribution in [3.05, 3.63) is 93.1 Å². The highest BCUT2D eigenvalue weighted by atomic mass is 35.5. The van der Waals surface area contributed by atoms with Gasteiger partial charge in [-0.05, 0) is 54.4 Å². The topological polar surface area (TPSA) is 48.7 Å². The zero-order valence-corrected chi connectivity index (χ0v) is 17.1. The van der Waals surface area contributed by atoms with E-state index >= 15 is 0 Å². The maximum atomic E-state index is 13.9. The summed E-state index contributed by atoms with van der Waals surface area (Å²) in [6, 6.07) is 16.9. The minimum atomic E-state index is -0.445. The average molecular weight is 425 g/mol. The first kappa shape index (κ1) is 20.0. The molecule has 0 aliphatic rings. The van der Waals surface area contributed by atoms with Gasteiger partial charge in [0.05, 0.1) is 17.7 Å². The molecule has 0 unspecified atom stereocenters. The highest BCUT2D eigenvalue weighted by molar-refractivity contribution is 6.31. The van der Waals surface area contributed by atoms with E-state index in [1.54, 1.807) is 37.4 Å². The van der Waals surface area contributed by atoms with Gasteiger partial charge in [-0.3, -0.25) is 0 Å². The normalized spacial score (nSPS) is 10.9. The van der Waals surface area contributed by atoms with Crippen molar-refractivity contribution >= 4 is 22.6 Å². The molecular formula is C24H18ClFO4. The van der Waals surface area contributed by atoms with Crippen molar-refractivity contribution in [2.24, 2.45) is 0 Å². The number of hydrogen-bond donors (Lipinski definition) is 0. The Hall–Kier alpha value is -3.31. The molecule has 3 aromatic carbocycles. The summed E-state index contributed by atoms with van der Waals surface area (Å²) in [6.45, 7) is 1.84. The fraction of sp³-hybridized carbons (Fsp3) is 0.125. The third-order valence-electron chi connectivity index (χ3n) is 4.96. The van der Waals surface area contributed by atoms with E-state index in [2.05, 4.69) is 0 Å². The molecule has 0 aliphatic heterocycles. The highest BCUT2D eigenvalue weighted by Crippen LogP contribution is 2.30. The van der Waals surface area contributed by atoms with Crippen LogP contribution in [0.25, 0.3) is 22.1 Å². The van der Waals surface area contributed by atoms with Gasteiger partial charge in [-0.2, -0.15) is 0 Å². The van der Waals surface area contributed by atoms with Gasteiger partial charge in [0.1, 0.15) is 29.5 Å². The van der Waals surface area contributed by atoms with Gasteiger partial charge in [0.15, 0.2) is 0 Å². The standard InChI is InChI=1S/C24H18ClFO4/c1-14-18-11-10-17(29-13-19-20(25)4-3-5-21(19)26)12-22(18)30-24(27)23(14)15-6-8-16(28-2)9-7-15/h3-12H,13H2,1-2H3. The van der Waals surface area contributed by atoms with Crippen molar-refractivity contribution in [3.63, 3.8) is 0 Å². The summed E-state index contributed by atoms with van der Waals surface area (Å²) in [5.41, 5.74) is 2.27. The predicted molar refractivity (Wildman–Crippen MR) is 115 cm³/mol. The first-order valence-electron chi connectivity index (χ1n) is 9.25. The van der Waals surface area contributed by atoms with Gasteiger partial charge >= 0.3 is 5.63 Å². The molecule has 0 atom stereocenters. The molecule has 1 aromatic heterocycles. The van der Waals surface area contributed by atoms with Crippen molar-refractivity contribution in [1.29, 1.82) is 0 Å². The number of aryl methyl sites for hydroxylation is 1. The molecule has 152 valence electrons. The van der Waals surface area contributed by atoms with Crippen LogP contribution in [0, 0.1) is 12.7 Å². The minimum absolute atomic E-state index is 0.0375. The fourth-order valence-electron chi connectivity index (χ4n) is 3.34. The molecule has 1 heterocycles. The van der Waals surface area contributed by atoms with E-state index in [0.717, 1.165) is 16.5 Å². The lowest BCUT2D eigenvalue weighted by atomic mass is 9.99. The van der Waals surface area contributed by atoms with Crippen LogP contribution >= 0.6 is 11.6 Å². The molecule has 30 heavy (non-hydrogen) atoms. The maximum Gasteiger partial charge on any atom is 0.344 e. The molecule has 0 bridgehead atoms.